The van der Waals surface area contributed by atoms with E-state index in [9.17, 15) is 18.0 Å². The Hall–Kier alpha value is -3.27. The molecule has 1 atom stereocenters. The van der Waals surface area contributed by atoms with Gasteiger partial charge in [-0.3, -0.25) is 13.9 Å². The van der Waals surface area contributed by atoms with Crippen molar-refractivity contribution in [3.8, 4) is 5.75 Å². The highest BCUT2D eigenvalue weighted by atomic mass is 35.5. The number of ether oxygens (including phenoxy) is 1. The third-order valence-electron chi connectivity index (χ3n) is 5.99. The van der Waals surface area contributed by atoms with Crippen LogP contribution in [0.1, 0.15) is 18.1 Å². The van der Waals surface area contributed by atoms with Gasteiger partial charge in [-0.2, -0.15) is 0 Å². The molecule has 0 radical (unpaired) electrons. The molecule has 0 aliphatic heterocycles. The zero-order valence-corrected chi connectivity index (χ0v) is 23.8. The average molecular weight is 579 g/mol. The lowest BCUT2D eigenvalue weighted by Gasteiger charge is -2.32. The van der Waals surface area contributed by atoms with E-state index in [4.69, 9.17) is 27.9 Å². The van der Waals surface area contributed by atoms with Crippen molar-refractivity contribution in [1.82, 2.24) is 10.2 Å². The van der Waals surface area contributed by atoms with E-state index in [2.05, 4.69) is 5.32 Å². The molecule has 0 aliphatic rings. The fourth-order valence-corrected chi connectivity index (χ4v) is 5.54. The molecule has 11 heteroatoms. The van der Waals surface area contributed by atoms with Gasteiger partial charge < -0.3 is 15.0 Å². The number of sulfonamides is 1. The number of benzene rings is 3. The predicted octanol–water partition coefficient (Wildman–Crippen LogP) is 4.67. The molecular weight excluding hydrogens is 549 g/mol. The number of carbonyl (C=O) groups is 2. The standard InChI is InChI=1S/C27H29Cl2N3O5S/c1-18-5-12-23(13-6-18)38(35,36)32(22-11-14-25(37-4)24(29)15-22)17-26(33)31(19(2)27(34)30-3)16-20-7-9-21(28)10-8-20/h5-15,19H,16-17H2,1-4H3,(H,30,34). The Bertz CT molecular complexity index is 1400. The predicted molar refractivity (Wildman–Crippen MR) is 149 cm³/mol. The van der Waals surface area contributed by atoms with Gasteiger partial charge >= 0.3 is 0 Å². The Kier molecular flexibility index (Phi) is 9.65. The summed E-state index contributed by atoms with van der Waals surface area (Å²) in [6.07, 6.45) is 0. The molecular formula is C27H29Cl2N3O5S. The first-order valence-electron chi connectivity index (χ1n) is 11.7. The summed E-state index contributed by atoms with van der Waals surface area (Å²) in [6, 6.07) is 16.7. The molecule has 38 heavy (non-hydrogen) atoms. The van der Waals surface area contributed by atoms with Crippen molar-refractivity contribution in [3.63, 3.8) is 0 Å². The molecule has 0 spiro atoms. The summed E-state index contributed by atoms with van der Waals surface area (Å²) in [6.45, 7) is 2.91. The normalized spacial score (nSPS) is 11.9. The van der Waals surface area contributed by atoms with Gasteiger partial charge in [0.2, 0.25) is 11.8 Å². The molecule has 202 valence electrons. The molecule has 3 aromatic carbocycles. The molecule has 0 saturated carbocycles. The summed E-state index contributed by atoms with van der Waals surface area (Å²) in [7, 11) is -1.28. The number of nitrogens with zero attached hydrogens (tertiary/aromatic N) is 2. The number of carbonyl (C=O) groups excluding carboxylic acids is 2. The lowest BCUT2D eigenvalue weighted by Crippen LogP contribution is -2.50. The number of aryl methyl sites for hydroxylation is 1. The number of nitrogens with one attached hydrogen (secondary N) is 1. The third-order valence-corrected chi connectivity index (χ3v) is 8.33. The second-order valence-electron chi connectivity index (χ2n) is 8.58. The first-order chi connectivity index (χ1) is 18.0. The second kappa shape index (κ2) is 12.5. The number of rotatable bonds is 10. The van der Waals surface area contributed by atoms with Gasteiger partial charge in [0.25, 0.3) is 10.0 Å². The summed E-state index contributed by atoms with van der Waals surface area (Å²) >= 11 is 12.3. The summed E-state index contributed by atoms with van der Waals surface area (Å²) < 4.78 is 33.8. The van der Waals surface area contributed by atoms with E-state index in [0.29, 0.717) is 10.8 Å². The van der Waals surface area contributed by atoms with Crippen LogP contribution in [0, 0.1) is 6.92 Å². The Labute approximate surface area is 233 Å². The lowest BCUT2D eigenvalue weighted by molar-refractivity contribution is -0.139. The number of halogens is 2. The van der Waals surface area contributed by atoms with Crippen LogP contribution in [0.2, 0.25) is 10.0 Å². The Balaban J connectivity index is 2.06. The fourth-order valence-electron chi connectivity index (χ4n) is 3.75. The van der Waals surface area contributed by atoms with Gasteiger partial charge in [0.15, 0.2) is 0 Å². The van der Waals surface area contributed by atoms with Gasteiger partial charge in [-0.15, -0.1) is 0 Å². The summed E-state index contributed by atoms with van der Waals surface area (Å²) in [5.74, 6) is -0.626. The molecule has 3 rings (SSSR count). The maximum absolute atomic E-state index is 13.8. The van der Waals surface area contributed by atoms with Crippen LogP contribution in [0.3, 0.4) is 0 Å². The van der Waals surface area contributed by atoms with Gasteiger partial charge in [0.1, 0.15) is 18.3 Å². The fraction of sp³-hybridized carbons (Fsp3) is 0.259. The number of anilines is 1. The van der Waals surface area contributed by atoms with Crippen LogP contribution in [0.4, 0.5) is 5.69 Å². The minimum absolute atomic E-state index is 0.00596. The quantitative estimate of drug-likeness (QED) is 0.378. The molecule has 0 fully saturated rings. The number of hydrogen-bond acceptors (Lipinski definition) is 5. The zero-order valence-electron chi connectivity index (χ0n) is 21.4. The molecule has 0 aliphatic carbocycles. The highest BCUT2D eigenvalue weighted by Crippen LogP contribution is 2.32. The molecule has 0 aromatic heterocycles. The third kappa shape index (κ3) is 6.78. The van der Waals surface area contributed by atoms with Crippen LogP contribution in [-0.4, -0.2) is 51.9 Å². The maximum Gasteiger partial charge on any atom is 0.264 e. The van der Waals surface area contributed by atoms with Gasteiger partial charge in [-0.1, -0.05) is 53.0 Å². The first-order valence-corrected chi connectivity index (χ1v) is 13.9. The van der Waals surface area contributed by atoms with Crippen LogP contribution >= 0.6 is 23.2 Å². The van der Waals surface area contributed by atoms with E-state index >= 15 is 0 Å². The van der Waals surface area contributed by atoms with Crippen LogP contribution in [-0.2, 0) is 26.2 Å². The molecule has 1 unspecified atom stereocenters. The molecule has 0 heterocycles. The van der Waals surface area contributed by atoms with Gasteiger partial charge in [0, 0.05) is 18.6 Å². The summed E-state index contributed by atoms with van der Waals surface area (Å²) in [5.41, 5.74) is 1.77. The molecule has 0 saturated heterocycles. The minimum atomic E-state index is -4.20. The van der Waals surface area contributed by atoms with Crippen molar-refractivity contribution in [1.29, 1.82) is 0 Å². The second-order valence-corrected chi connectivity index (χ2v) is 11.3. The smallest absolute Gasteiger partial charge is 0.264 e. The minimum Gasteiger partial charge on any atom is -0.495 e. The zero-order chi connectivity index (χ0) is 28.0. The Morgan fingerprint density at radius 3 is 2.18 bits per heavy atom. The number of likely N-dealkylation sites (N-methyl/N-ethyl adjacent to an activating group) is 1. The lowest BCUT2D eigenvalue weighted by atomic mass is 10.1. The largest absolute Gasteiger partial charge is 0.495 e. The van der Waals surface area contributed by atoms with E-state index in [-0.39, 0.29) is 22.2 Å². The highest BCUT2D eigenvalue weighted by Gasteiger charge is 2.32. The number of amides is 2. The highest BCUT2D eigenvalue weighted by molar-refractivity contribution is 7.92. The number of methoxy groups -OCH3 is 1. The van der Waals surface area contributed by atoms with Gasteiger partial charge in [0.05, 0.1) is 22.7 Å². The van der Waals surface area contributed by atoms with Crippen molar-refractivity contribution < 1.29 is 22.7 Å². The topological polar surface area (TPSA) is 96.0 Å². The average Bonchev–Trinajstić information content (AvgIpc) is 2.90. The van der Waals surface area contributed by atoms with Crippen molar-refractivity contribution >= 4 is 50.7 Å². The van der Waals surface area contributed by atoms with E-state index in [1.807, 2.05) is 6.92 Å². The number of hydrogen-bond donors (Lipinski definition) is 1. The molecule has 2 amide bonds. The van der Waals surface area contributed by atoms with E-state index < -0.39 is 34.4 Å². The first kappa shape index (κ1) is 29.3. The monoisotopic (exact) mass is 577 g/mol. The molecule has 0 bridgehead atoms. The molecule has 8 nitrogen and oxygen atoms in total. The Morgan fingerprint density at radius 1 is 1.00 bits per heavy atom. The van der Waals surface area contributed by atoms with Gasteiger partial charge in [-0.25, -0.2) is 8.42 Å². The summed E-state index contributed by atoms with van der Waals surface area (Å²) in [5, 5.41) is 3.25. The maximum atomic E-state index is 13.8. The van der Waals surface area contributed by atoms with Gasteiger partial charge in [-0.05, 0) is 61.9 Å². The van der Waals surface area contributed by atoms with Crippen molar-refractivity contribution in [2.75, 3.05) is 25.0 Å². The van der Waals surface area contributed by atoms with Crippen molar-refractivity contribution in [3.05, 3.63) is 87.9 Å². The molecule has 3 aromatic rings. The summed E-state index contributed by atoms with van der Waals surface area (Å²) in [4.78, 5) is 27.6. The van der Waals surface area contributed by atoms with Crippen LogP contribution in [0.25, 0.3) is 0 Å². The Morgan fingerprint density at radius 2 is 1.63 bits per heavy atom. The van der Waals surface area contributed by atoms with E-state index in [1.54, 1.807) is 43.3 Å². The van der Waals surface area contributed by atoms with E-state index in [1.165, 1.54) is 49.4 Å². The molecule has 1 N–H and O–H groups in total. The van der Waals surface area contributed by atoms with E-state index in [0.717, 1.165) is 15.4 Å². The van der Waals surface area contributed by atoms with Crippen LogP contribution in [0.15, 0.2) is 71.6 Å². The van der Waals surface area contributed by atoms with Crippen molar-refractivity contribution in [2.24, 2.45) is 0 Å². The van der Waals surface area contributed by atoms with Crippen LogP contribution < -0.4 is 14.4 Å². The van der Waals surface area contributed by atoms with Crippen LogP contribution in [0.5, 0.6) is 5.75 Å². The SMILES string of the molecule is CNC(=O)C(C)N(Cc1ccc(Cl)cc1)C(=O)CN(c1ccc(OC)c(Cl)c1)S(=O)(=O)c1ccc(C)cc1. The van der Waals surface area contributed by atoms with Crippen molar-refractivity contribution in [2.45, 2.75) is 31.3 Å².